The van der Waals surface area contributed by atoms with E-state index in [1.54, 1.807) is 17.7 Å². The molecule has 2 aliphatic carbocycles. The second kappa shape index (κ2) is 7.27. The molecule has 0 spiro atoms. The summed E-state index contributed by atoms with van der Waals surface area (Å²) >= 11 is 0. The Hall–Kier alpha value is -1.87. The van der Waals surface area contributed by atoms with E-state index >= 15 is 0 Å². The van der Waals surface area contributed by atoms with Crippen LogP contribution in [-0.4, -0.2) is 37.1 Å². The van der Waals surface area contributed by atoms with Gasteiger partial charge in [0.2, 0.25) is 0 Å². The van der Waals surface area contributed by atoms with E-state index in [-0.39, 0.29) is 5.82 Å². The summed E-state index contributed by atoms with van der Waals surface area (Å²) in [6, 6.07) is 18.9. The summed E-state index contributed by atoms with van der Waals surface area (Å²) in [5.74, 6) is 2.49. The van der Waals surface area contributed by atoms with Gasteiger partial charge < -0.3 is 4.90 Å². The number of halogens is 1. The van der Waals surface area contributed by atoms with E-state index in [2.05, 4.69) is 40.1 Å². The lowest BCUT2D eigenvalue weighted by molar-refractivity contribution is 0.179. The molecule has 27 heavy (non-hydrogen) atoms. The Balaban J connectivity index is 1.15. The average Bonchev–Trinajstić information content (AvgIpc) is 3.29. The molecule has 0 aromatic heterocycles. The maximum absolute atomic E-state index is 13.1. The number of benzene rings is 2. The third kappa shape index (κ3) is 3.50. The molecule has 0 N–H and O–H groups in total. The Labute approximate surface area is 162 Å². The van der Waals surface area contributed by atoms with Crippen LogP contribution in [0.5, 0.6) is 0 Å². The van der Waals surface area contributed by atoms with Crippen molar-refractivity contribution in [2.75, 3.05) is 31.1 Å². The normalized spacial score (nSPS) is 31.2. The molecule has 3 aliphatic rings. The van der Waals surface area contributed by atoms with Crippen LogP contribution in [-0.2, 0) is 0 Å². The first-order valence-electron chi connectivity index (χ1n) is 10.6. The van der Waals surface area contributed by atoms with Crippen molar-refractivity contribution in [1.82, 2.24) is 4.90 Å². The van der Waals surface area contributed by atoms with Gasteiger partial charge in [-0.1, -0.05) is 30.3 Å². The number of rotatable bonds is 3. The van der Waals surface area contributed by atoms with Crippen LogP contribution in [0.25, 0.3) is 0 Å². The summed E-state index contributed by atoms with van der Waals surface area (Å²) in [6.07, 6.45) is 5.57. The van der Waals surface area contributed by atoms with Gasteiger partial charge in [0.05, 0.1) is 0 Å². The molecule has 1 heterocycles. The molecule has 3 fully saturated rings. The van der Waals surface area contributed by atoms with Crippen LogP contribution in [0, 0.1) is 17.7 Å². The molecule has 2 saturated carbocycles. The number of nitrogens with zero attached hydrogens (tertiary/aromatic N) is 2. The predicted molar refractivity (Wildman–Crippen MR) is 109 cm³/mol. The lowest BCUT2D eigenvalue weighted by atomic mass is 9.94. The highest BCUT2D eigenvalue weighted by Gasteiger charge is 2.43. The van der Waals surface area contributed by atoms with E-state index in [0.717, 1.165) is 55.7 Å². The standard InChI is InChI=1S/C24H29FN2/c25-22-6-8-23(9-7-22)26-10-12-27(13-11-26)24-16-20-14-19(15-21(20)17-24)18-4-2-1-3-5-18/h1-9,19-21,24H,10-17H2. The molecule has 1 aliphatic heterocycles. The fourth-order valence-corrected chi connectivity index (χ4v) is 5.88. The molecule has 2 atom stereocenters. The molecule has 1 saturated heterocycles. The average molecular weight is 365 g/mol. The molecule has 2 unspecified atom stereocenters. The van der Waals surface area contributed by atoms with Gasteiger partial charge in [0, 0.05) is 37.9 Å². The molecular weight excluding hydrogens is 335 g/mol. The highest BCUT2D eigenvalue weighted by atomic mass is 19.1. The Morgan fingerprint density at radius 2 is 1.33 bits per heavy atom. The zero-order valence-corrected chi connectivity index (χ0v) is 15.9. The Bertz CT molecular complexity index is 738. The van der Waals surface area contributed by atoms with Crippen molar-refractivity contribution in [3.63, 3.8) is 0 Å². The zero-order valence-electron chi connectivity index (χ0n) is 15.9. The van der Waals surface area contributed by atoms with Gasteiger partial charge >= 0.3 is 0 Å². The second-order valence-electron chi connectivity index (χ2n) is 8.72. The van der Waals surface area contributed by atoms with E-state index in [0.29, 0.717) is 0 Å². The molecule has 2 aromatic rings. The minimum absolute atomic E-state index is 0.149. The molecule has 2 aromatic carbocycles. The number of hydrogen-bond acceptors (Lipinski definition) is 2. The summed E-state index contributed by atoms with van der Waals surface area (Å²) in [6.45, 7) is 4.40. The summed E-state index contributed by atoms with van der Waals surface area (Å²) in [4.78, 5) is 5.13. The third-order valence-corrected chi connectivity index (χ3v) is 7.28. The number of hydrogen-bond donors (Lipinski definition) is 0. The van der Waals surface area contributed by atoms with Crippen molar-refractivity contribution >= 4 is 5.69 Å². The maximum Gasteiger partial charge on any atom is 0.123 e. The topological polar surface area (TPSA) is 6.48 Å². The first kappa shape index (κ1) is 17.2. The van der Waals surface area contributed by atoms with Crippen molar-refractivity contribution in [1.29, 1.82) is 0 Å². The van der Waals surface area contributed by atoms with Gasteiger partial charge in [0.25, 0.3) is 0 Å². The minimum Gasteiger partial charge on any atom is -0.369 e. The summed E-state index contributed by atoms with van der Waals surface area (Å²) in [5, 5.41) is 0. The monoisotopic (exact) mass is 364 g/mol. The minimum atomic E-state index is -0.149. The number of fused-ring (bicyclic) bond motifs is 1. The van der Waals surface area contributed by atoms with Gasteiger partial charge in [-0.15, -0.1) is 0 Å². The Morgan fingerprint density at radius 1 is 0.704 bits per heavy atom. The third-order valence-electron chi connectivity index (χ3n) is 7.28. The van der Waals surface area contributed by atoms with Gasteiger partial charge in [-0.2, -0.15) is 0 Å². The first-order valence-corrected chi connectivity index (χ1v) is 10.6. The van der Waals surface area contributed by atoms with Crippen LogP contribution in [0.2, 0.25) is 0 Å². The van der Waals surface area contributed by atoms with Crippen molar-refractivity contribution in [2.24, 2.45) is 11.8 Å². The van der Waals surface area contributed by atoms with Gasteiger partial charge in [-0.25, -0.2) is 4.39 Å². The summed E-state index contributed by atoms with van der Waals surface area (Å²) in [7, 11) is 0. The SMILES string of the molecule is Fc1ccc(N2CCN(C3CC4CC(c5ccccc5)CC4C3)CC2)cc1. The lowest BCUT2D eigenvalue weighted by Gasteiger charge is -2.39. The molecule has 5 rings (SSSR count). The largest absolute Gasteiger partial charge is 0.369 e. The van der Waals surface area contributed by atoms with Crippen molar-refractivity contribution in [2.45, 2.75) is 37.6 Å². The Kier molecular flexibility index (Phi) is 4.65. The molecule has 0 radical (unpaired) electrons. The fraction of sp³-hybridized carbons (Fsp3) is 0.500. The zero-order chi connectivity index (χ0) is 18.2. The van der Waals surface area contributed by atoms with Gasteiger partial charge in [-0.3, -0.25) is 4.90 Å². The van der Waals surface area contributed by atoms with E-state index in [9.17, 15) is 4.39 Å². The van der Waals surface area contributed by atoms with Crippen LogP contribution in [0.4, 0.5) is 10.1 Å². The van der Waals surface area contributed by atoms with Crippen LogP contribution in [0.15, 0.2) is 54.6 Å². The molecule has 0 bridgehead atoms. The Morgan fingerprint density at radius 3 is 1.96 bits per heavy atom. The van der Waals surface area contributed by atoms with Gasteiger partial charge in [0.1, 0.15) is 5.82 Å². The highest BCUT2D eigenvalue weighted by molar-refractivity contribution is 5.46. The molecule has 0 amide bonds. The molecular formula is C24H29FN2. The van der Waals surface area contributed by atoms with Crippen molar-refractivity contribution in [3.05, 3.63) is 66.0 Å². The smallest absolute Gasteiger partial charge is 0.123 e. The van der Waals surface area contributed by atoms with E-state index in [1.807, 2.05) is 12.1 Å². The number of anilines is 1. The van der Waals surface area contributed by atoms with E-state index in [1.165, 1.54) is 25.7 Å². The van der Waals surface area contributed by atoms with E-state index in [4.69, 9.17) is 0 Å². The van der Waals surface area contributed by atoms with Crippen LogP contribution >= 0.6 is 0 Å². The predicted octanol–water partition coefficient (Wildman–Crippen LogP) is 4.92. The quantitative estimate of drug-likeness (QED) is 0.763. The number of piperazine rings is 1. The van der Waals surface area contributed by atoms with Crippen molar-refractivity contribution < 1.29 is 4.39 Å². The summed E-state index contributed by atoms with van der Waals surface area (Å²) < 4.78 is 13.1. The van der Waals surface area contributed by atoms with Crippen LogP contribution in [0.3, 0.4) is 0 Å². The molecule has 3 heteroatoms. The van der Waals surface area contributed by atoms with Crippen LogP contribution < -0.4 is 4.90 Å². The second-order valence-corrected chi connectivity index (χ2v) is 8.72. The van der Waals surface area contributed by atoms with E-state index < -0.39 is 0 Å². The lowest BCUT2D eigenvalue weighted by Crippen LogP contribution is -2.50. The molecule has 2 nitrogen and oxygen atoms in total. The maximum atomic E-state index is 13.1. The van der Waals surface area contributed by atoms with Gasteiger partial charge in [0.15, 0.2) is 0 Å². The molecule has 142 valence electrons. The van der Waals surface area contributed by atoms with Gasteiger partial charge in [-0.05, 0) is 73.3 Å². The fourth-order valence-electron chi connectivity index (χ4n) is 5.88. The highest BCUT2D eigenvalue weighted by Crippen LogP contribution is 2.51. The first-order chi connectivity index (χ1) is 13.3. The van der Waals surface area contributed by atoms with Crippen LogP contribution in [0.1, 0.15) is 37.2 Å². The van der Waals surface area contributed by atoms with Crippen molar-refractivity contribution in [3.8, 4) is 0 Å². The summed E-state index contributed by atoms with van der Waals surface area (Å²) in [5.41, 5.74) is 2.71.